The first-order valence-electron chi connectivity index (χ1n) is 8.18. The van der Waals surface area contributed by atoms with Gasteiger partial charge in [0.25, 0.3) is 0 Å². The quantitative estimate of drug-likeness (QED) is 0.865. The molecule has 3 rings (SSSR count). The molecule has 2 fully saturated rings. The number of ether oxygens (including phenoxy) is 1. The molecule has 1 aromatic rings. The van der Waals surface area contributed by atoms with Crippen LogP contribution in [0, 0.1) is 11.8 Å². The van der Waals surface area contributed by atoms with Crippen LogP contribution in [0.5, 0.6) is 0 Å². The zero-order valence-corrected chi connectivity index (χ0v) is 12.4. The predicted molar refractivity (Wildman–Crippen MR) is 81.0 cm³/mol. The molecule has 0 heterocycles. The third kappa shape index (κ3) is 3.46. The van der Waals surface area contributed by atoms with Crippen molar-refractivity contribution < 1.29 is 14.6 Å². The van der Waals surface area contributed by atoms with Gasteiger partial charge in [0.2, 0.25) is 0 Å². The Morgan fingerprint density at radius 3 is 2.57 bits per heavy atom. The van der Waals surface area contributed by atoms with E-state index in [1.54, 1.807) is 12.1 Å². The van der Waals surface area contributed by atoms with E-state index in [4.69, 9.17) is 4.74 Å². The number of benzene rings is 1. The van der Waals surface area contributed by atoms with E-state index in [1.807, 2.05) is 18.2 Å². The average molecular weight is 288 g/mol. The summed E-state index contributed by atoms with van der Waals surface area (Å²) in [7, 11) is 0. The van der Waals surface area contributed by atoms with Crippen molar-refractivity contribution in [2.24, 2.45) is 11.8 Å². The molecule has 0 aromatic heterocycles. The number of rotatable bonds is 3. The van der Waals surface area contributed by atoms with Crippen LogP contribution in [0.25, 0.3) is 0 Å². The number of aliphatic hydroxyl groups is 1. The van der Waals surface area contributed by atoms with Gasteiger partial charge in [-0.05, 0) is 56.1 Å². The van der Waals surface area contributed by atoms with Gasteiger partial charge in [-0.3, -0.25) is 0 Å². The molecule has 0 aliphatic heterocycles. The largest absolute Gasteiger partial charge is 0.459 e. The van der Waals surface area contributed by atoms with Crippen molar-refractivity contribution in [3.05, 3.63) is 35.9 Å². The van der Waals surface area contributed by atoms with Crippen LogP contribution >= 0.6 is 0 Å². The fraction of sp³-hybridized carbons (Fsp3) is 0.611. The predicted octanol–water partition coefficient (Wildman–Crippen LogP) is 3.56. The maximum atomic E-state index is 12.1. The lowest BCUT2D eigenvalue weighted by molar-refractivity contribution is 0.0206. The highest BCUT2D eigenvalue weighted by atomic mass is 16.5. The topological polar surface area (TPSA) is 46.5 Å². The Kier molecular flexibility index (Phi) is 4.59. The summed E-state index contributed by atoms with van der Waals surface area (Å²) in [5.74, 6) is 0.721. The number of carbonyl (C=O) groups excluding carboxylic acids is 1. The van der Waals surface area contributed by atoms with E-state index < -0.39 is 0 Å². The van der Waals surface area contributed by atoms with Crippen molar-refractivity contribution in [2.45, 2.75) is 57.2 Å². The summed E-state index contributed by atoms with van der Waals surface area (Å²) in [5, 5.41) is 10.2. The van der Waals surface area contributed by atoms with Gasteiger partial charge in [-0.2, -0.15) is 0 Å². The van der Waals surface area contributed by atoms with Crippen molar-refractivity contribution in [3.8, 4) is 0 Å². The highest BCUT2D eigenvalue weighted by molar-refractivity contribution is 5.89. The van der Waals surface area contributed by atoms with E-state index in [0.717, 1.165) is 38.5 Å². The van der Waals surface area contributed by atoms with Gasteiger partial charge >= 0.3 is 5.97 Å². The maximum Gasteiger partial charge on any atom is 0.338 e. The van der Waals surface area contributed by atoms with Gasteiger partial charge in [0, 0.05) is 0 Å². The molecular formula is C18H24O3. The van der Waals surface area contributed by atoms with Crippen LogP contribution in [0.2, 0.25) is 0 Å². The number of hydrogen-bond acceptors (Lipinski definition) is 3. The SMILES string of the molecule is O=C(O[C@@H]1CCC(C2CCCC[C@@H]2O)C1)c1ccccc1. The Morgan fingerprint density at radius 2 is 1.81 bits per heavy atom. The third-order valence-corrected chi connectivity index (χ3v) is 5.10. The molecule has 3 nitrogen and oxygen atoms in total. The lowest BCUT2D eigenvalue weighted by Gasteiger charge is -2.32. The highest BCUT2D eigenvalue weighted by Gasteiger charge is 2.37. The summed E-state index contributed by atoms with van der Waals surface area (Å²) in [6.45, 7) is 0. The minimum atomic E-state index is -0.217. The average Bonchev–Trinajstić information content (AvgIpc) is 2.97. The molecule has 0 radical (unpaired) electrons. The Morgan fingerprint density at radius 1 is 1.05 bits per heavy atom. The fourth-order valence-corrected chi connectivity index (χ4v) is 3.95. The van der Waals surface area contributed by atoms with Crippen LogP contribution in [0.4, 0.5) is 0 Å². The molecule has 0 spiro atoms. The molecular weight excluding hydrogens is 264 g/mol. The molecule has 1 aromatic carbocycles. The van der Waals surface area contributed by atoms with Crippen LogP contribution in [-0.2, 0) is 4.74 Å². The molecule has 0 saturated heterocycles. The Labute approximate surface area is 126 Å². The van der Waals surface area contributed by atoms with Crippen LogP contribution in [0.3, 0.4) is 0 Å². The van der Waals surface area contributed by atoms with E-state index in [0.29, 0.717) is 17.4 Å². The second-order valence-electron chi connectivity index (χ2n) is 6.48. The number of aliphatic hydroxyl groups excluding tert-OH is 1. The van der Waals surface area contributed by atoms with Gasteiger partial charge in [-0.25, -0.2) is 4.79 Å². The molecule has 0 bridgehead atoms. The minimum absolute atomic E-state index is 0.0248. The van der Waals surface area contributed by atoms with Crippen LogP contribution < -0.4 is 0 Å². The lowest BCUT2D eigenvalue weighted by atomic mass is 9.77. The monoisotopic (exact) mass is 288 g/mol. The second kappa shape index (κ2) is 6.61. The van der Waals surface area contributed by atoms with Crippen molar-refractivity contribution in [2.75, 3.05) is 0 Å². The number of carbonyl (C=O) groups is 1. The van der Waals surface area contributed by atoms with E-state index >= 15 is 0 Å². The second-order valence-corrected chi connectivity index (χ2v) is 6.48. The molecule has 4 atom stereocenters. The molecule has 114 valence electrons. The molecule has 0 amide bonds. The highest BCUT2D eigenvalue weighted by Crippen LogP contribution is 2.40. The van der Waals surface area contributed by atoms with Crippen LogP contribution in [-0.4, -0.2) is 23.3 Å². The molecule has 2 saturated carbocycles. The van der Waals surface area contributed by atoms with Gasteiger partial charge in [0.1, 0.15) is 6.10 Å². The summed E-state index contributed by atoms with van der Waals surface area (Å²) in [6, 6.07) is 9.19. The summed E-state index contributed by atoms with van der Waals surface area (Å²) in [6.07, 6.45) is 7.26. The molecule has 2 unspecified atom stereocenters. The third-order valence-electron chi connectivity index (χ3n) is 5.10. The number of esters is 1. The molecule has 2 aliphatic carbocycles. The van der Waals surface area contributed by atoms with Gasteiger partial charge in [0.15, 0.2) is 0 Å². The normalized spacial score (nSPS) is 32.8. The summed E-state index contributed by atoms with van der Waals surface area (Å²) in [4.78, 5) is 12.1. The van der Waals surface area contributed by atoms with Gasteiger partial charge in [-0.15, -0.1) is 0 Å². The Hall–Kier alpha value is -1.35. The number of hydrogen-bond donors (Lipinski definition) is 1. The van der Waals surface area contributed by atoms with Crippen molar-refractivity contribution >= 4 is 5.97 Å². The first-order chi connectivity index (χ1) is 10.2. The van der Waals surface area contributed by atoms with E-state index in [9.17, 15) is 9.90 Å². The van der Waals surface area contributed by atoms with E-state index in [2.05, 4.69) is 0 Å². The zero-order valence-electron chi connectivity index (χ0n) is 12.4. The molecule has 21 heavy (non-hydrogen) atoms. The molecule has 2 aliphatic rings. The van der Waals surface area contributed by atoms with Crippen molar-refractivity contribution in [1.29, 1.82) is 0 Å². The first-order valence-corrected chi connectivity index (χ1v) is 8.18. The van der Waals surface area contributed by atoms with Gasteiger partial charge < -0.3 is 9.84 Å². The van der Waals surface area contributed by atoms with Gasteiger partial charge in [0.05, 0.1) is 11.7 Å². The summed E-state index contributed by atoms with van der Waals surface area (Å²) >= 11 is 0. The summed E-state index contributed by atoms with van der Waals surface area (Å²) < 4.78 is 5.63. The Bertz CT molecular complexity index is 471. The van der Waals surface area contributed by atoms with Crippen molar-refractivity contribution in [1.82, 2.24) is 0 Å². The van der Waals surface area contributed by atoms with Crippen molar-refractivity contribution in [3.63, 3.8) is 0 Å². The van der Waals surface area contributed by atoms with E-state index in [-0.39, 0.29) is 18.2 Å². The lowest BCUT2D eigenvalue weighted by Crippen LogP contribution is -2.30. The maximum absolute atomic E-state index is 12.1. The smallest absolute Gasteiger partial charge is 0.338 e. The van der Waals surface area contributed by atoms with Gasteiger partial charge in [-0.1, -0.05) is 31.0 Å². The fourth-order valence-electron chi connectivity index (χ4n) is 3.95. The van der Waals surface area contributed by atoms with Crippen LogP contribution in [0.15, 0.2) is 30.3 Å². The Balaban J connectivity index is 1.54. The minimum Gasteiger partial charge on any atom is -0.459 e. The summed E-state index contributed by atoms with van der Waals surface area (Å²) in [5.41, 5.74) is 0.624. The first kappa shape index (κ1) is 14.6. The van der Waals surface area contributed by atoms with E-state index in [1.165, 1.54) is 6.42 Å². The zero-order chi connectivity index (χ0) is 14.7. The van der Waals surface area contributed by atoms with Crippen LogP contribution in [0.1, 0.15) is 55.3 Å². The molecule has 1 N–H and O–H groups in total. The molecule has 3 heteroatoms. The standard InChI is InChI=1S/C18H24O3/c19-17-9-5-4-8-16(17)14-10-11-15(12-14)21-18(20)13-6-2-1-3-7-13/h1-3,6-7,14-17,19H,4-5,8-12H2/t14?,15-,16?,17+/m1/s1.